The first-order valence-electron chi connectivity index (χ1n) is 10.3. The lowest BCUT2D eigenvalue weighted by Gasteiger charge is -2.14. The molecule has 0 bridgehead atoms. The Hall–Kier alpha value is -2.47. The monoisotopic (exact) mass is 378 g/mol. The van der Waals surface area contributed by atoms with Gasteiger partial charge in [-0.25, -0.2) is 4.98 Å². The quantitative estimate of drug-likeness (QED) is 0.635. The summed E-state index contributed by atoms with van der Waals surface area (Å²) in [5.74, 6) is 0. The molecule has 3 aromatic rings. The van der Waals surface area contributed by atoms with Crippen LogP contribution in [-0.2, 0) is 0 Å². The van der Waals surface area contributed by atoms with E-state index < -0.39 is 0 Å². The molecule has 6 heteroatoms. The van der Waals surface area contributed by atoms with Crippen LogP contribution < -0.4 is 10.6 Å². The number of pyridine rings is 1. The first kappa shape index (κ1) is 18.9. The van der Waals surface area contributed by atoms with E-state index >= 15 is 0 Å². The van der Waals surface area contributed by atoms with E-state index in [-0.39, 0.29) is 0 Å². The third-order valence-electron chi connectivity index (χ3n) is 5.61. The number of benzene rings is 1. The molecular formula is C22H30N6. The van der Waals surface area contributed by atoms with E-state index in [0.29, 0.717) is 6.04 Å². The molecule has 1 fully saturated rings. The van der Waals surface area contributed by atoms with Crippen molar-refractivity contribution in [3.63, 3.8) is 0 Å². The molecule has 1 saturated carbocycles. The molecule has 1 aromatic carbocycles. The van der Waals surface area contributed by atoms with Crippen molar-refractivity contribution >= 4 is 16.9 Å². The maximum atomic E-state index is 4.75. The van der Waals surface area contributed by atoms with Gasteiger partial charge in [-0.2, -0.15) is 4.68 Å². The maximum absolute atomic E-state index is 4.75. The number of aryl methyl sites for hydroxylation is 4. The van der Waals surface area contributed by atoms with Gasteiger partial charge in [-0.05, 0) is 57.7 Å². The number of nitrogens with one attached hydrogen (secondary N) is 2. The second kappa shape index (κ2) is 7.87. The second-order valence-corrected chi connectivity index (χ2v) is 8.09. The van der Waals surface area contributed by atoms with Gasteiger partial charge in [-0.3, -0.25) is 0 Å². The predicted molar refractivity (Wildman–Crippen MR) is 114 cm³/mol. The minimum absolute atomic E-state index is 0.689. The topological polar surface area (TPSA) is 67.7 Å². The van der Waals surface area contributed by atoms with Crippen molar-refractivity contribution in [1.82, 2.24) is 25.3 Å². The number of nitrogens with zero attached hydrogens (tertiary/aromatic N) is 4. The fourth-order valence-corrected chi connectivity index (χ4v) is 4.42. The number of aromatic nitrogens is 4. The zero-order valence-corrected chi connectivity index (χ0v) is 17.3. The highest BCUT2D eigenvalue weighted by Gasteiger charge is 2.17. The molecule has 148 valence electrons. The second-order valence-electron chi connectivity index (χ2n) is 8.09. The molecule has 4 rings (SSSR count). The van der Waals surface area contributed by atoms with Gasteiger partial charge in [0.05, 0.1) is 11.4 Å². The van der Waals surface area contributed by atoms with Crippen molar-refractivity contribution < 1.29 is 0 Å². The van der Waals surface area contributed by atoms with E-state index in [1.54, 1.807) is 0 Å². The predicted octanol–water partition coefficient (Wildman–Crippen LogP) is 3.99. The van der Waals surface area contributed by atoms with Gasteiger partial charge in [0.15, 0.2) is 11.2 Å². The summed E-state index contributed by atoms with van der Waals surface area (Å²) in [5.41, 5.74) is 8.29. The van der Waals surface area contributed by atoms with Crippen molar-refractivity contribution in [2.75, 3.05) is 18.4 Å². The minimum atomic E-state index is 0.689. The van der Waals surface area contributed by atoms with Gasteiger partial charge in [0.25, 0.3) is 0 Å². The van der Waals surface area contributed by atoms with Crippen molar-refractivity contribution in [3.05, 3.63) is 40.6 Å². The molecule has 0 amide bonds. The lowest BCUT2D eigenvalue weighted by molar-refractivity contribution is 0.536. The van der Waals surface area contributed by atoms with Crippen molar-refractivity contribution in [1.29, 1.82) is 0 Å². The Morgan fingerprint density at radius 1 is 1.00 bits per heavy atom. The van der Waals surface area contributed by atoms with Crippen molar-refractivity contribution in [3.8, 4) is 5.69 Å². The van der Waals surface area contributed by atoms with Crippen LogP contribution in [0.4, 0.5) is 5.69 Å². The van der Waals surface area contributed by atoms with E-state index in [4.69, 9.17) is 4.98 Å². The van der Waals surface area contributed by atoms with Crippen molar-refractivity contribution in [2.45, 2.75) is 59.4 Å². The average molecular weight is 379 g/mol. The van der Waals surface area contributed by atoms with Gasteiger partial charge in [-0.1, -0.05) is 35.8 Å². The molecule has 2 N–H and O–H groups in total. The summed E-state index contributed by atoms with van der Waals surface area (Å²) >= 11 is 0. The zero-order valence-electron chi connectivity index (χ0n) is 17.3. The summed E-state index contributed by atoms with van der Waals surface area (Å²) in [4.78, 5) is 4.75. The van der Waals surface area contributed by atoms with Crippen LogP contribution in [0.3, 0.4) is 0 Å². The molecule has 1 aliphatic rings. The minimum Gasteiger partial charge on any atom is -0.382 e. The molecule has 28 heavy (non-hydrogen) atoms. The van der Waals surface area contributed by atoms with Gasteiger partial charge >= 0.3 is 0 Å². The summed E-state index contributed by atoms with van der Waals surface area (Å²) in [5, 5.41) is 16.1. The smallest absolute Gasteiger partial charge is 0.186 e. The summed E-state index contributed by atoms with van der Waals surface area (Å²) in [6.45, 7) is 10.2. The number of anilines is 1. The fraction of sp³-hybridized carbons (Fsp3) is 0.500. The number of hydrogen-bond donors (Lipinski definition) is 2. The Morgan fingerprint density at radius 3 is 2.43 bits per heavy atom. The SMILES string of the molecule is Cc1cc(C)c(-n2nnc3c(NCCNC4CCCC4)cc(C)nc32)c(C)c1. The zero-order chi connectivity index (χ0) is 19.7. The Morgan fingerprint density at radius 2 is 1.71 bits per heavy atom. The van der Waals surface area contributed by atoms with E-state index in [2.05, 4.69) is 59.9 Å². The molecule has 0 aliphatic heterocycles. The first-order chi connectivity index (χ1) is 13.5. The summed E-state index contributed by atoms with van der Waals surface area (Å²) in [6, 6.07) is 7.11. The summed E-state index contributed by atoms with van der Waals surface area (Å²) < 4.78 is 1.88. The normalized spacial score (nSPS) is 14.9. The van der Waals surface area contributed by atoms with Gasteiger partial charge in [0, 0.05) is 24.8 Å². The van der Waals surface area contributed by atoms with Crippen LogP contribution in [0, 0.1) is 27.7 Å². The summed E-state index contributed by atoms with van der Waals surface area (Å²) in [7, 11) is 0. The number of hydrogen-bond acceptors (Lipinski definition) is 5. The van der Waals surface area contributed by atoms with Gasteiger partial charge in [0.2, 0.25) is 0 Å². The maximum Gasteiger partial charge on any atom is 0.186 e. The van der Waals surface area contributed by atoms with Crippen molar-refractivity contribution in [2.24, 2.45) is 0 Å². The van der Waals surface area contributed by atoms with E-state index in [9.17, 15) is 0 Å². The number of fused-ring (bicyclic) bond motifs is 1. The Kier molecular flexibility index (Phi) is 5.31. The molecule has 0 saturated heterocycles. The van der Waals surface area contributed by atoms with Crippen LogP contribution >= 0.6 is 0 Å². The van der Waals surface area contributed by atoms with Crippen LogP contribution in [0.1, 0.15) is 48.1 Å². The third-order valence-corrected chi connectivity index (χ3v) is 5.61. The van der Waals surface area contributed by atoms with E-state index in [1.807, 2.05) is 11.6 Å². The fourth-order valence-electron chi connectivity index (χ4n) is 4.42. The Balaban J connectivity index is 1.60. The lowest BCUT2D eigenvalue weighted by Crippen LogP contribution is -2.30. The molecule has 0 unspecified atom stereocenters. The van der Waals surface area contributed by atoms with Crippen LogP contribution in [0.5, 0.6) is 0 Å². The van der Waals surface area contributed by atoms with Gasteiger partial charge in [0.1, 0.15) is 0 Å². The van der Waals surface area contributed by atoms with Gasteiger partial charge in [-0.15, -0.1) is 5.10 Å². The summed E-state index contributed by atoms with van der Waals surface area (Å²) in [6.07, 6.45) is 5.33. The lowest BCUT2D eigenvalue weighted by atomic mass is 10.1. The highest BCUT2D eigenvalue weighted by Crippen LogP contribution is 2.26. The Labute approximate surface area is 166 Å². The molecule has 1 aliphatic carbocycles. The van der Waals surface area contributed by atoms with Crippen LogP contribution in [0.25, 0.3) is 16.9 Å². The number of rotatable bonds is 6. The van der Waals surface area contributed by atoms with E-state index in [0.717, 1.165) is 41.3 Å². The van der Waals surface area contributed by atoms with Crippen LogP contribution in [0.15, 0.2) is 18.2 Å². The average Bonchev–Trinajstić information content (AvgIpc) is 3.28. The van der Waals surface area contributed by atoms with Crippen LogP contribution in [-0.4, -0.2) is 39.1 Å². The van der Waals surface area contributed by atoms with Gasteiger partial charge < -0.3 is 10.6 Å². The first-order valence-corrected chi connectivity index (χ1v) is 10.3. The van der Waals surface area contributed by atoms with E-state index in [1.165, 1.54) is 42.4 Å². The molecule has 2 aromatic heterocycles. The van der Waals surface area contributed by atoms with Crippen LogP contribution in [0.2, 0.25) is 0 Å². The largest absolute Gasteiger partial charge is 0.382 e. The standard InChI is InChI=1S/C22H30N6/c1-14-11-15(2)21(16(3)12-14)28-22-20(26-27-28)19(13-17(4)25-22)24-10-9-23-18-7-5-6-8-18/h11-13,18,23H,5-10H2,1-4H3,(H,24,25). The molecule has 0 spiro atoms. The molecular weight excluding hydrogens is 348 g/mol. The third kappa shape index (κ3) is 3.74. The molecule has 0 atom stereocenters. The highest BCUT2D eigenvalue weighted by molar-refractivity contribution is 5.86. The molecule has 0 radical (unpaired) electrons. The molecule has 6 nitrogen and oxygen atoms in total. The Bertz CT molecular complexity index is 961. The molecule has 2 heterocycles. The highest BCUT2D eigenvalue weighted by atomic mass is 15.4.